The van der Waals surface area contributed by atoms with Crippen LogP contribution in [0.1, 0.15) is 12.7 Å². The Labute approximate surface area is 130 Å². The smallest absolute Gasteiger partial charge is 0.224 e. The Morgan fingerprint density at radius 2 is 2.10 bits per heavy atom. The molecular weight excluding hydrogens is 341 g/mol. The van der Waals surface area contributed by atoms with Crippen LogP contribution in [0.4, 0.5) is 10.2 Å². The Morgan fingerprint density at radius 1 is 1.29 bits per heavy atom. The third kappa shape index (κ3) is 4.37. The van der Waals surface area contributed by atoms with E-state index in [0.29, 0.717) is 41.0 Å². The molecule has 0 spiro atoms. The number of halogens is 2. The highest BCUT2D eigenvalue weighted by Crippen LogP contribution is 2.26. The molecule has 21 heavy (non-hydrogen) atoms. The third-order valence-corrected chi connectivity index (χ3v) is 3.16. The maximum atomic E-state index is 13.2. The minimum Gasteiger partial charge on any atom is -0.439 e. The number of rotatable bonds is 6. The van der Waals surface area contributed by atoms with Crippen LogP contribution in [-0.2, 0) is 11.3 Å². The fourth-order valence-electron chi connectivity index (χ4n) is 1.57. The first-order valence-corrected chi connectivity index (χ1v) is 7.18. The van der Waals surface area contributed by atoms with Gasteiger partial charge < -0.3 is 14.8 Å². The van der Waals surface area contributed by atoms with E-state index >= 15 is 0 Å². The monoisotopic (exact) mass is 355 g/mol. The zero-order valence-electron chi connectivity index (χ0n) is 11.7. The molecule has 0 fully saturated rings. The standard InChI is InChI=1S/C14H15BrFN3O2/c1-3-20-8-13-18-12(17-2)7-14(19-13)21-9-4-5-11(16)10(15)6-9/h4-7H,3,8H2,1-2H3,(H,17,18,19). The number of anilines is 1. The lowest BCUT2D eigenvalue weighted by Gasteiger charge is -2.09. The van der Waals surface area contributed by atoms with Gasteiger partial charge in [0.25, 0.3) is 0 Å². The summed E-state index contributed by atoms with van der Waals surface area (Å²) in [6.07, 6.45) is 0. The van der Waals surface area contributed by atoms with E-state index < -0.39 is 0 Å². The fraction of sp³-hybridized carbons (Fsp3) is 0.286. The van der Waals surface area contributed by atoms with E-state index in [9.17, 15) is 4.39 Å². The maximum Gasteiger partial charge on any atom is 0.224 e. The van der Waals surface area contributed by atoms with Gasteiger partial charge in [0.05, 0.1) is 4.47 Å². The lowest BCUT2D eigenvalue weighted by Crippen LogP contribution is -2.04. The van der Waals surface area contributed by atoms with Crippen molar-refractivity contribution < 1.29 is 13.9 Å². The summed E-state index contributed by atoms with van der Waals surface area (Å²) in [4.78, 5) is 8.53. The number of benzene rings is 1. The van der Waals surface area contributed by atoms with Crippen molar-refractivity contribution in [2.24, 2.45) is 0 Å². The summed E-state index contributed by atoms with van der Waals surface area (Å²) >= 11 is 3.12. The van der Waals surface area contributed by atoms with Gasteiger partial charge in [-0.05, 0) is 41.1 Å². The molecule has 1 aromatic heterocycles. The van der Waals surface area contributed by atoms with Crippen LogP contribution in [-0.4, -0.2) is 23.6 Å². The van der Waals surface area contributed by atoms with Gasteiger partial charge in [-0.3, -0.25) is 0 Å². The lowest BCUT2D eigenvalue weighted by molar-refractivity contribution is 0.128. The van der Waals surface area contributed by atoms with Crippen molar-refractivity contribution in [1.29, 1.82) is 0 Å². The van der Waals surface area contributed by atoms with Crippen LogP contribution < -0.4 is 10.1 Å². The van der Waals surface area contributed by atoms with Crippen LogP contribution in [0, 0.1) is 5.82 Å². The van der Waals surface area contributed by atoms with Crippen LogP contribution in [0.3, 0.4) is 0 Å². The Kier molecular flexibility index (Phi) is 5.46. The van der Waals surface area contributed by atoms with Crippen molar-refractivity contribution in [2.45, 2.75) is 13.5 Å². The van der Waals surface area contributed by atoms with E-state index in [2.05, 4.69) is 31.2 Å². The largest absolute Gasteiger partial charge is 0.439 e. The molecule has 5 nitrogen and oxygen atoms in total. The van der Waals surface area contributed by atoms with Crippen LogP contribution in [0.15, 0.2) is 28.7 Å². The van der Waals surface area contributed by atoms with Gasteiger partial charge in [0, 0.05) is 19.7 Å². The van der Waals surface area contributed by atoms with Gasteiger partial charge in [0.15, 0.2) is 5.82 Å². The molecule has 0 saturated heterocycles. The van der Waals surface area contributed by atoms with Crippen molar-refractivity contribution in [3.8, 4) is 11.6 Å². The molecule has 0 amide bonds. The van der Waals surface area contributed by atoms with Gasteiger partial charge in [-0.15, -0.1) is 0 Å². The van der Waals surface area contributed by atoms with Crippen molar-refractivity contribution in [3.05, 3.63) is 40.4 Å². The fourth-order valence-corrected chi connectivity index (χ4v) is 1.93. The minimum absolute atomic E-state index is 0.301. The second-order valence-corrected chi connectivity index (χ2v) is 4.93. The third-order valence-electron chi connectivity index (χ3n) is 2.55. The van der Waals surface area contributed by atoms with Crippen molar-refractivity contribution in [2.75, 3.05) is 19.0 Å². The summed E-state index contributed by atoms with van der Waals surface area (Å²) in [6, 6.07) is 6.05. The quantitative estimate of drug-likeness (QED) is 0.854. The second kappa shape index (κ2) is 7.33. The molecule has 0 bridgehead atoms. The van der Waals surface area contributed by atoms with Gasteiger partial charge in [-0.2, -0.15) is 4.98 Å². The van der Waals surface area contributed by atoms with Gasteiger partial charge in [-0.1, -0.05) is 0 Å². The molecule has 0 aliphatic carbocycles. The molecule has 0 atom stereocenters. The number of hydrogen-bond acceptors (Lipinski definition) is 5. The topological polar surface area (TPSA) is 56.3 Å². The van der Waals surface area contributed by atoms with Gasteiger partial charge in [-0.25, -0.2) is 9.37 Å². The first-order valence-electron chi connectivity index (χ1n) is 6.38. The molecule has 0 radical (unpaired) electrons. The maximum absolute atomic E-state index is 13.2. The zero-order chi connectivity index (χ0) is 15.2. The number of nitrogens with one attached hydrogen (secondary N) is 1. The average molecular weight is 356 g/mol. The summed E-state index contributed by atoms with van der Waals surface area (Å²) < 4.78 is 24.5. The number of aromatic nitrogens is 2. The molecule has 7 heteroatoms. The van der Waals surface area contributed by atoms with Crippen molar-refractivity contribution in [3.63, 3.8) is 0 Å². The predicted molar refractivity (Wildman–Crippen MR) is 81.1 cm³/mol. The molecule has 1 aromatic carbocycles. The predicted octanol–water partition coefficient (Wildman–Crippen LogP) is 3.75. The summed E-state index contributed by atoms with van der Waals surface area (Å²) in [5.41, 5.74) is 0. The Bertz CT molecular complexity index is 625. The number of nitrogens with zero attached hydrogens (tertiary/aromatic N) is 2. The SMILES string of the molecule is CCOCc1nc(NC)cc(Oc2ccc(F)c(Br)c2)n1. The van der Waals surface area contributed by atoms with Gasteiger partial charge in [0.2, 0.25) is 5.88 Å². The highest BCUT2D eigenvalue weighted by Gasteiger charge is 2.08. The number of hydrogen-bond donors (Lipinski definition) is 1. The molecule has 0 saturated carbocycles. The van der Waals surface area contributed by atoms with Crippen LogP contribution in [0.25, 0.3) is 0 Å². The van der Waals surface area contributed by atoms with E-state index in [1.54, 1.807) is 19.2 Å². The van der Waals surface area contributed by atoms with E-state index in [4.69, 9.17) is 9.47 Å². The van der Waals surface area contributed by atoms with Gasteiger partial charge >= 0.3 is 0 Å². The summed E-state index contributed by atoms with van der Waals surface area (Å²) in [6.45, 7) is 2.78. The number of ether oxygens (including phenoxy) is 2. The molecule has 0 aliphatic heterocycles. The first kappa shape index (κ1) is 15.7. The van der Waals surface area contributed by atoms with Crippen LogP contribution in [0.5, 0.6) is 11.6 Å². The molecule has 1 heterocycles. The zero-order valence-corrected chi connectivity index (χ0v) is 13.3. The van der Waals surface area contributed by atoms with E-state index in [1.165, 1.54) is 12.1 Å². The Balaban J connectivity index is 2.23. The normalized spacial score (nSPS) is 10.5. The molecule has 2 aromatic rings. The minimum atomic E-state index is -0.349. The molecular formula is C14H15BrFN3O2. The van der Waals surface area contributed by atoms with E-state index in [1.807, 2.05) is 6.92 Å². The highest BCUT2D eigenvalue weighted by atomic mass is 79.9. The van der Waals surface area contributed by atoms with Crippen molar-refractivity contribution >= 4 is 21.7 Å². The average Bonchev–Trinajstić information content (AvgIpc) is 2.48. The lowest BCUT2D eigenvalue weighted by atomic mass is 10.3. The molecule has 0 aliphatic rings. The molecule has 112 valence electrons. The molecule has 1 N–H and O–H groups in total. The highest BCUT2D eigenvalue weighted by molar-refractivity contribution is 9.10. The van der Waals surface area contributed by atoms with Gasteiger partial charge in [0.1, 0.15) is 24.0 Å². The first-order chi connectivity index (χ1) is 10.1. The summed E-state index contributed by atoms with van der Waals surface area (Å²) in [5.74, 6) is 1.63. The summed E-state index contributed by atoms with van der Waals surface area (Å²) in [5, 5.41) is 2.93. The van der Waals surface area contributed by atoms with E-state index in [0.717, 1.165) is 0 Å². The second-order valence-electron chi connectivity index (χ2n) is 4.07. The summed E-state index contributed by atoms with van der Waals surface area (Å²) in [7, 11) is 1.76. The molecule has 2 rings (SSSR count). The molecule has 0 unspecified atom stereocenters. The Hall–Kier alpha value is -1.73. The van der Waals surface area contributed by atoms with E-state index in [-0.39, 0.29) is 5.82 Å². The van der Waals surface area contributed by atoms with Crippen molar-refractivity contribution in [1.82, 2.24) is 9.97 Å². The van der Waals surface area contributed by atoms with Crippen LogP contribution in [0.2, 0.25) is 0 Å². The van der Waals surface area contributed by atoms with Crippen LogP contribution >= 0.6 is 15.9 Å². The Morgan fingerprint density at radius 3 is 2.76 bits per heavy atom.